The highest BCUT2D eigenvalue weighted by Crippen LogP contribution is 2.19. The normalized spacial score (nSPS) is 11.1. The van der Waals surface area contributed by atoms with Gasteiger partial charge in [-0.1, -0.05) is 15.9 Å². The molecule has 20 heavy (non-hydrogen) atoms. The minimum atomic E-state index is -0.197. The molecule has 2 aromatic rings. The van der Waals surface area contributed by atoms with Crippen LogP contribution in [0.3, 0.4) is 0 Å². The molecule has 1 N–H and O–H groups in total. The highest BCUT2D eigenvalue weighted by Gasteiger charge is 2.12. The molecular formula is C15H19BrFN3. The van der Waals surface area contributed by atoms with Crippen LogP contribution >= 0.6 is 15.9 Å². The first-order valence-electron chi connectivity index (χ1n) is 6.64. The van der Waals surface area contributed by atoms with Crippen molar-refractivity contribution in [3.63, 3.8) is 0 Å². The van der Waals surface area contributed by atoms with Crippen LogP contribution in [0.5, 0.6) is 0 Å². The second-order valence-corrected chi connectivity index (χ2v) is 5.81. The van der Waals surface area contributed by atoms with Gasteiger partial charge >= 0.3 is 0 Å². The maximum absolute atomic E-state index is 13.8. The number of hydrogen-bond donors (Lipinski definition) is 1. The van der Waals surface area contributed by atoms with Crippen LogP contribution in [0.15, 0.2) is 22.7 Å². The molecule has 1 aromatic carbocycles. The first-order valence-corrected chi connectivity index (χ1v) is 7.43. The standard InChI is InChI=1S/C15H19BrFN3/c1-10-14(6-7-18-3)11(2)20(19-10)9-12-8-13(16)4-5-15(12)17/h4-5,8,18H,6-7,9H2,1-3H3. The summed E-state index contributed by atoms with van der Waals surface area (Å²) in [7, 11) is 1.94. The van der Waals surface area contributed by atoms with Crippen molar-refractivity contribution < 1.29 is 4.39 Å². The molecule has 1 heterocycles. The van der Waals surface area contributed by atoms with Crippen molar-refractivity contribution in [2.24, 2.45) is 0 Å². The topological polar surface area (TPSA) is 29.9 Å². The van der Waals surface area contributed by atoms with Crippen LogP contribution in [0.4, 0.5) is 4.39 Å². The summed E-state index contributed by atoms with van der Waals surface area (Å²) in [5, 5.41) is 7.68. The van der Waals surface area contributed by atoms with E-state index in [0.29, 0.717) is 12.1 Å². The van der Waals surface area contributed by atoms with Crippen molar-refractivity contribution in [3.8, 4) is 0 Å². The fourth-order valence-corrected chi connectivity index (χ4v) is 2.73. The van der Waals surface area contributed by atoms with Gasteiger partial charge in [0.2, 0.25) is 0 Å². The Hall–Kier alpha value is -1.20. The molecule has 0 spiro atoms. The van der Waals surface area contributed by atoms with Crippen LogP contribution in [0, 0.1) is 19.7 Å². The number of nitrogens with one attached hydrogen (secondary N) is 1. The average molecular weight is 340 g/mol. The van der Waals surface area contributed by atoms with Crippen LogP contribution in [-0.4, -0.2) is 23.4 Å². The van der Waals surface area contributed by atoms with E-state index in [1.54, 1.807) is 12.1 Å². The molecule has 0 aliphatic carbocycles. The average Bonchev–Trinajstić information content (AvgIpc) is 2.67. The van der Waals surface area contributed by atoms with E-state index >= 15 is 0 Å². The Morgan fingerprint density at radius 2 is 2.10 bits per heavy atom. The molecular weight excluding hydrogens is 321 g/mol. The number of halogens is 2. The van der Waals surface area contributed by atoms with Crippen molar-refractivity contribution in [1.29, 1.82) is 0 Å². The van der Waals surface area contributed by atoms with Gasteiger partial charge in [0.25, 0.3) is 0 Å². The lowest BCUT2D eigenvalue weighted by Crippen LogP contribution is -2.11. The van der Waals surface area contributed by atoms with Crippen LogP contribution < -0.4 is 5.32 Å². The Labute approximate surface area is 127 Å². The highest BCUT2D eigenvalue weighted by molar-refractivity contribution is 9.10. The van der Waals surface area contributed by atoms with Gasteiger partial charge in [0, 0.05) is 15.7 Å². The monoisotopic (exact) mass is 339 g/mol. The summed E-state index contributed by atoms with van der Waals surface area (Å²) >= 11 is 3.38. The summed E-state index contributed by atoms with van der Waals surface area (Å²) in [4.78, 5) is 0. The zero-order valence-electron chi connectivity index (χ0n) is 12.0. The lowest BCUT2D eigenvalue weighted by atomic mass is 10.1. The van der Waals surface area contributed by atoms with E-state index in [2.05, 4.69) is 26.3 Å². The second kappa shape index (κ2) is 6.50. The number of hydrogen-bond acceptors (Lipinski definition) is 2. The summed E-state index contributed by atoms with van der Waals surface area (Å²) in [6, 6.07) is 4.99. The third-order valence-corrected chi connectivity index (χ3v) is 3.98. The van der Waals surface area contributed by atoms with E-state index in [4.69, 9.17) is 0 Å². The minimum absolute atomic E-state index is 0.197. The molecule has 0 unspecified atom stereocenters. The van der Waals surface area contributed by atoms with E-state index in [0.717, 1.165) is 28.8 Å². The fourth-order valence-electron chi connectivity index (χ4n) is 2.33. The molecule has 2 rings (SSSR count). The molecule has 3 nitrogen and oxygen atoms in total. The van der Waals surface area contributed by atoms with Crippen molar-refractivity contribution in [1.82, 2.24) is 15.1 Å². The molecule has 108 valence electrons. The van der Waals surface area contributed by atoms with Crippen molar-refractivity contribution in [2.75, 3.05) is 13.6 Å². The lowest BCUT2D eigenvalue weighted by molar-refractivity contribution is 0.578. The molecule has 0 bridgehead atoms. The van der Waals surface area contributed by atoms with Gasteiger partial charge < -0.3 is 5.32 Å². The third kappa shape index (κ3) is 3.27. The molecule has 0 atom stereocenters. The quantitative estimate of drug-likeness (QED) is 0.906. The van der Waals surface area contributed by atoms with Gasteiger partial charge in [0.1, 0.15) is 5.82 Å². The molecule has 5 heteroatoms. The number of nitrogens with zero attached hydrogens (tertiary/aromatic N) is 2. The van der Waals surface area contributed by atoms with Crippen molar-refractivity contribution in [2.45, 2.75) is 26.8 Å². The molecule has 0 saturated heterocycles. The largest absolute Gasteiger partial charge is 0.319 e. The van der Waals surface area contributed by atoms with Gasteiger partial charge in [-0.2, -0.15) is 5.10 Å². The SMILES string of the molecule is CNCCc1c(C)nn(Cc2cc(Br)ccc2F)c1C. The van der Waals surface area contributed by atoms with E-state index in [1.807, 2.05) is 25.6 Å². The third-order valence-electron chi connectivity index (χ3n) is 3.48. The number of aryl methyl sites for hydroxylation is 1. The zero-order valence-corrected chi connectivity index (χ0v) is 13.6. The smallest absolute Gasteiger partial charge is 0.128 e. The predicted octanol–water partition coefficient (Wildman–Crippen LogP) is 3.21. The Balaban J connectivity index is 2.27. The Kier molecular flexibility index (Phi) is 4.94. The maximum Gasteiger partial charge on any atom is 0.128 e. The van der Waals surface area contributed by atoms with E-state index < -0.39 is 0 Å². The van der Waals surface area contributed by atoms with Gasteiger partial charge in [-0.25, -0.2) is 4.39 Å². The van der Waals surface area contributed by atoms with Gasteiger partial charge in [0.05, 0.1) is 12.2 Å². The summed E-state index contributed by atoms with van der Waals surface area (Å²) in [6.07, 6.45) is 0.940. The molecule has 0 radical (unpaired) electrons. The lowest BCUT2D eigenvalue weighted by Gasteiger charge is -2.07. The van der Waals surface area contributed by atoms with E-state index in [-0.39, 0.29) is 5.82 Å². The summed E-state index contributed by atoms with van der Waals surface area (Å²) in [5.41, 5.74) is 4.02. The van der Waals surface area contributed by atoms with E-state index in [1.165, 1.54) is 11.6 Å². The number of aromatic nitrogens is 2. The van der Waals surface area contributed by atoms with Crippen molar-refractivity contribution >= 4 is 15.9 Å². The summed E-state index contributed by atoms with van der Waals surface area (Å²) in [5.74, 6) is -0.197. The minimum Gasteiger partial charge on any atom is -0.319 e. The van der Waals surface area contributed by atoms with Gasteiger partial charge in [0.15, 0.2) is 0 Å². The van der Waals surface area contributed by atoms with Gasteiger partial charge in [-0.05, 0) is 57.6 Å². The highest BCUT2D eigenvalue weighted by atomic mass is 79.9. The molecule has 0 aliphatic heterocycles. The van der Waals surface area contributed by atoms with Crippen molar-refractivity contribution in [3.05, 3.63) is 51.0 Å². The maximum atomic E-state index is 13.8. The molecule has 0 saturated carbocycles. The first-order chi connectivity index (χ1) is 9.52. The fraction of sp³-hybridized carbons (Fsp3) is 0.400. The molecule has 0 aliphatic rings. The van der Waals surface area contributed by atoms with Gasteiger partial charge in [-0.15, -0.1) is 0 Å². The summed E-state index contributed by atoms with van der Waals surface area (Å²) < 4.78 is 16.6. The number of benzene rings is 1. The zero-order chi connectivity index (χ0) is 14.7. The Morgan fingerprint density at radius 3 is 2.80 bits per heavy atom. The van der Waals surface area contributed by atoms with Crippen LogP contribution in [0.2, 0.25) is 0 Å². The molecule has 0 fully saturated rings. The Bertz CT molecular complexity index is 607. The van der Waals surface area contributed by atoms with Crippen LogP contribution in [0.1, 0.15) is 22.5 Å². The first kappa shape index (κ1) is 15.2. The van der Waals surface area contributed by atoms with Gasteiger partial charge in [-0.3, -0.25) is 4.68 Å². The van der Waals surface area contributed by atoms with Crippen LogP contribution in [-0.2, 0) is 13.0 Å². The Morgan fingerprint density at radius 1 is 1.35 bits per heavy atom. The number of rotatable bonds is 5. The molecule has 1 aromatic heterocycles. The molecule has 0 amide bonds. The summed E-state index contributed by atoms with van der Waals surface area (Å²) in [6.45, 7) is 5.42. The van der Waals surface area contributed by atoms with Crippen LogP contribution in [0.25, 0.3) is 0 Å². The second-order valence-electron chi connectivity index (χ2n) is 4.90. The predicted molar refractivity (Wildman–Crippen MR) is 82.5 cm³/mol. The number of likely N-dealkylation sites (N-methyl/N-ethyl adjacent to an activating group) is 1. The van der Waals surface area contributed by atoms with E-state index in [9.17, 15) is 4.39 Å².